The van der Waals surface area contributed by atoms with Crippen LogP contribution >= 0.6 is 0 Å². The maximum atomic E-state index is 10.8. The fraction of sp³-hybridized carbons (Fsp3) is 0.333. The molecule has 0 heterocycles. The summed E-state index contributed by atoms with van der Waals surface area (Å²) in [6.45, 7) is 1.51. The minimum atomic E-state index is -0.681. The summed E-state index contributed by atoms with van der Waals surface area (Å²) in [6, 6.07) is 6.35. The highest BCUT2D eigenvalue weighted by Gasteiger charge is 2.09. The molecule has 1 aromatic carbocycles. The van der Waals surface area contributed by atoms with Crippen LogP contribution in [0.4, 0.5) is 0 Å². The van der Waals surface area contributed by atoms with Crippen molar-refractivity contribution in [1.82, 2.24) is 0 Å². The third-order valence-electron chi connectivity index (χ3n) is 2.19. The first-order valence-electron chi connectivity index (χ1n) is 5.25. The fourth-order valence-corrected chi connectivity index (χ4v) is 1.26. The van der Waals surface area contributed by atoms with Crippen LogP contribution in [-0.4, -0.2) is 24.3 Å². The van der Waals surface area contributed by atoms with Gasteiger partial charge < -0.3 is 16.2 Å². The van der Waals surface area contributed by atoms with Gasteiger partial charge in [-0.15, -0.1) is 0 Å². The molecule has 0 unspecified atom stereocenters. The number of carbonyl (C=O) groups excluding carboxylic acids is 2. The van der Waals surface area contributed by atoms with Crippen LogP contribution in [-0.2, 0) is 16.0 Å². The standard InChI is InChI=1S/C12H16N2O3/c1-8(15)7-17-10-4-2-9(3-5-10)6-11(13)12(14)16/h2-5,11H,6-7,13H2,1H3,(H2,14,16)/t11-/m0/s1. The maximum Gasteiger partial charge on any atom is 0.234 e. The van der Waals surface area contributed by atoms with Crippen LogP contribution in [0.3, 0.4) is 0 Å². The molecule has 0 fully saturated rings. The lowest BCUT2D eigenvalue weighted by Crippen LogP contribution is -2.38. The number of nitrogens with two attached hydrogens (primary N) is 2. The van der Waals surface area contributed by atoms with Gasteiger partial charge in [-0.25, -0.2) is 0 Å². The van der Waals surface area contributed by atoms with Crippen molar-refractivity contribution in [3.05, 3.63) is 29.8 Å². The lowest BCUT2D eigenvalue weighted by Gasteiger charge is -2.08. The van der Waals surface area contributed by atoms with Gasteiger partial charge in [-0.05, 0) is 31.0 Å². The molecule has 0 saturated carbocycles. The second-order valence-corrected chi connectivity index (χ2v) is 3.85. The van der Waals surface area contributed by atoms with E-state index in [4.69, 9.17) is 16.2 Å². The number of primary amides is 1. The van der Waals surface area contributed by atoms with Gasteiger partial charge >= 0.3 is 0 Å². The van der Waals surface area contributed by atoms with Crippen molar-refractivity contribution in [3.8, 4) is 5.75 Å². The summed E-state index contributed by atoms with van der Waals surface area (Å²) in [5, 5.41) is 0. The van der Waals surface area contributed by atoms with Gasteiger partial charge in [-0.2, -0.15) is 0 Å². The Labute approximate surface area is 99.7 Å². The van der Waals surface area contributed by atoms with Crippen LogP contribution in [0, 0.1) is 0 Å². The largest absolute Gasteiger partial charge is 0.486 e. The Morgan fingerprint density at radius 1 is 1.29 bits per heavy atom. The van der Waals surface area contributed by atoms with Gasteiger partial charge in [0.05, 0.1) is 6.04 Å². The lowest BCUT2D eigenvalue weighted by molar-refractivity contribution is -0.119. The number of rotatable bonds is 6. The molecule has 0 aliphatic heterocycles. The van der Waals surface area contributed by atoms with Crippen LogP contribution in [0.25, 0.3) is 0 Å². The van der Waals surface area contributed by atoms with E-state index >= 15 is 0 Å². The fourth-order valence-electron chi connectivity index (χ4n) is 1.26. The monoisotopic (exact) mass is 236 g/mol. The minimum absolute atomic E-state index is 0.0372. The van der Waals surface area contributed by atoms with E-state index in [1.54, 1.807) is 24.3 Å². The van der Waals surface area contributed by atoms with E-state index in [9.17, 15) is 9.59 Å². The molecule has 0 aliphatic carbocycles. The average molecular weight is 236 g/mol. The molecule has 0 radical (unpaired) electrons. The molecule has 0 saturated heterocycles. The normalized spacial score (nSPS) is 11.9. The Balaban J connectivity index is 2.55. The van der Waals surface area contributed by atoms with E-state index in [2.05, 4.69) is 0 Å². The van der Waals surface area contributed by atoms with Gasteiger partial charge in [0.15, 0.2) is 5.78 Å². The molecule has 0 aromatic heterocycles. The van der Waals surface area contributed by atoms with Gasteiger partial charge in [-0.3, -0.25) is 9.59 Å². The predicted molar refractivity (Wildman–Crippen MR) is 63.5 cm³/mol. The predicted octanol–water partition coefficient (Wildman–Crippen LogP) is 0.00950. The topological polar surface area (TPSA) is 95.4 Å². The molecule has 5 nitrogen and oxygen atoms in total. The second kappa shape index (κ2) is 6.00. The average Bonchev–Trinajstić information content (AvgIpc) is 2.28. The quantitative estimate of drug-likeness (QED) is 0.727. The molecule has 1 rings (SSSR count). The van der Waals surface area contributed by atoms with E-state index in [-0.39, 0.29) is 12.4 Å². The Morgan fingerprint density at radius 3 is 2.35 bits per heavy atom. The minimum Gasteiger partial charge on any atom is -0.486 e. The van der Waals surface area contributed by atoms with Gasteiger partial charge in [0.2, 0.25) is 5.91 Å². The Hall–Kier alpha value is -1.88. The van der Waals surface area contributed by atoms with Crippen molar-refractivity contribution in [2.75, 3.05) is 6.61 Å². The number of amides is 1. The molecule has 1 atom stereocenters. The second-order valence-electron chi connectivity index (χ2n) is 3.85. The first-order chi connectivity index (χ1) is 7.99. The molecular formula is C12H16N2O3. The Bertz CT molecular complexity index is 401. The van der Waals surface area contributed by atoms with Crippen molar-refractivity contribution >= 4 is 11.7 Å². The molecule has 1 amide bonds. The van der Waals surface area contributed by atoms with Crippen molar-refractivity contribution in [2.24, 2.45) is 11.5 Å². The van der Waals surface area contributed by atoms with Gasteiger partial charge in [0, 0.05) is 0 Å². The number of hydrogen-bond acceptors (Lipinski definition) is 4. The smallest absolute Gasteiger partial charge is 0.234 e. The summed E-state index contributed by atoms with van der Waals surface area (Å²) in [5.41, 5.74) is 11.5. The van der Waals surface area contributed by atoms with E-state index in [0.717, 1.165) is 5.56 Å². The summed E-state index contributed by atoms with van der Waals surface area (Å²) in [5.74, 6) is 0.0447. The van der Waals surface area contributed by atoms with Crippen molar-refractivity contribution in [3.63, 3.8) is 0 Å². The van der Waals surface area contributed by atoms with Gasteiger partial charge in [-0.1, -0.05) is 12.1 Å². The summed E-state index contributed by atoms with van der Waals surface area (Å²) in [6.07, 6.45) is 0.391. The van der Waals surface area contributed by atoms with Crippen LogP contribution in [0.1, 0.15) is 12.5 Å². The lowest BCUT2D eigenvalue weighted by atomic mass is 10.1. The highest BCUT2D eigenvalue weighted by atomic mass is 16.5. The summed E-state index contributed by atoms with van der Waals surface area (Å²) < 4.78 is 5.20. The van der Waals surface area contributed by atoms with Crippen molar-refractivity contribution < 1.29 is 14.3 Å². The molecule has 1 aromatic rings. The van der Waals surface area contributed by atoms with Crippen molar-refractivity contribution in [2.45, 2.75) is 19.4 Å². The molecule has 0 aliphatic rings. The van der Waals surface area contributed by atoms with Crippen LogP contribution in [0.2, 0.25) is 0 Å². The number of ketones is 1. The third-order valence-corrected chi connectivity index (χ3v) is 2.19. The zero-order chi connectivity index (χ0) is 12.8. The SMILES string of the molecule is CC(=O)COc1ccc(C[C@H](N)C(N)=O)cc1. The number of hydrogen-bond donors (Lipinski definition) is 2. The van der Waals surface area contributed by atoms with Crippen LogP contribution in [0.15, 0.2) is 24.3 Å². The molecule has 17 heavy (non-hydrogen) atoms. The first-order valence-corrected chi connectivity index (χ1v) is 5.25. The highest BCUT2D eigenvalue weighted by Crippen LogP contribution is 2.13. The van der Waals surface area contributed by atoms with E-state index in [1.165, 1.54) is 6.92 Å². The van der Waals surface area contributed by atoms with Gasteiger partial charge in [0.25, 0.3) is 0 Å². The summed E-state index contributed by atoms with van der Waals surface area (Å²) in [4.78, 5) is 21.5. The molecular weight excluding hydrogens is 220 g/mol. The number of benzene rings is 1. The number of carbonyl (C=O) groups is 2. The summed E-state index contributed by atoms with van der Waals surface area (Å²) >= 11 is 0. The number of Topliss-reactive ketones (excluding diaryl/α,β-unsaturated/α-hetero) is 1. The number of ether oxygens (including phenoxy) is 1. The molecule has 0 spiro atoms. The van der Waals surface area contributed by atoms with Crippen molar-refractivity contribution in [1.29, 1.82) is 0 Å². The highest BCUT2D eigenvalue weighted by molar-refractivity contribution is 5.79. The van der Waals surface area contributed by atoms with E-state index in [1.807, 2.05) is 0 Å². The molecule has 92 valence electrons. The molecule has 4 N–H and O–H groups in total. The zero-order valence-electron chi connectivity index (χ0n) is 9.68. The van der Waals surface area contributed by atoms with Crippen LogP contribution < -0.4 is 16.2 Å². The molecule has 5 heteroatoms. The third kappa shape index (κ3) is 4.65. The Morgan fingerprint density at radius 2 is 1.88 bits per heavy atom. The van der Waals surface area contributed by atoms with E-state index in [0.29, 0.717) is 12.2 Å². The summed E-state index contributed by atoms with van der Waals surface area (Å²) in [7, 11) is 0. The van der Waals surface area contributed by atoms with E-state index < -0.39 is 11.9 Å². The zero-order valence-corrected chi connectivity index (χ0v) is 9.68. The van der Waals surface area contributed by atoms with Gasteiger partial charge in [0.1, 0.15) is 12.4 Å². The Kier molecular flexibility index (Phi) is 4.66. The van der Waals surface area contributed by atoms with Crippen LogP contribution in [0.5, 0.6) is 5.75 Å². The molecule has 0 bridgehead atoms. The first kappa shape index (κ1) is 13.2. The maximum absolute atomic E-state index is 10.8.